The number of furan rings is 1. The Hall–Kier alpha value is -4.59. The Labute approximate surface area is 215 Å². The first-order valence-corrected chi connectivity index (χ1v) is 12.1. The van der Waals surface area contributed by atoms with Crippen molar-refractivity contribution in [3.8, 4) is 17.4 Å². The van der Waals surface area contributed by atoms with Crippen molar-refractivity contribution < 1.29 is 23.5 Å². The molecule has 0 spiro atoms. The summed E-state index contributed by atoms with van der Waals surface area (Å²) in [6.07, 6.45) is 4.29. The second-order valence-electron chi connectivity index (χ2n) is 8.30. The van der Waals surface area contributed by atoms with Crippen LogP contribution in [-0.4, -0.2) is 29.4 Å². The molecule has 2 N–H and O–H groups in total. The van der Waals surface area contributed by atoms with Crippen LogP contribution in [0.5, 0.6) is 17.4 Å². The van der Waals surface area contributed by atoms with E-state index in [1.54, 1.807) is 24.4 Å². The molecule has 4 aromatic rings. The van der Waals surface area contributed by atoms with Crippen molar-refractivity contribution in [2.24, 2.45) is 0 Å². The fraction of sp³-hybridized carbons (Fsp3) is 0.207. The van der Waals surface area contributed by atoms with E-state index in [4.69, 9.17) is 13.9 Å². The Kier molecular flexibility index (Phi) is 8.91. The van der Waals surface area contributed by atoms with Crippen molar-refractivity contribution >= 4 is 11.8 Å². The van der Waals surface area contributed by atoms with Gasteiger partial charge in [-0.05, 0) is 54.4 Å². The van der Waals surface area contributed by atoms with Crippen LogP contribution in [0.3, 0.4) is 0 Å². The Balaban J connectivity index is 1.42. The molecule has 0 saturated heterocycles. The van der Waals surface area contributed by atoms with E-state index in [9.17, 15) is 9.59 Å². The highest BCUT2D eigenvalue weighted by Gasteiger charge is 2.23. The van der Waals surface area contributed by atoms with Gasteiger partial charge in [0.2, 0.25) is 11.8 Å². The highest BCUT2D eigenvalue weighted by molar-refractivity contribution is 5.95. The smallest absolute Gasteiger partial charge is 0.287 e. The molecule has 8 nitrogen and oxygen atoms in total. The number of amides is 2. The number of ether oxygens (including phenoxy) is 2. The summed E-state index contributed by atoms with van der Waals surface area (Å²) >= 11 is 0. The van der Waals surface area contributed by atoms with Crippen LogP contribution in [0.1, 0.15) is 35.0 Å². The Bertz CT molecular complexity index is 1270. The summed E-state index contributed by atoms with van der Waals surface area (Å²) in [7, 11) is 0. The number of nitrogens with zero attached hydrogens (tertiary/aromatic N) is 1. The van der Waals surface area contributed by atoms with E-state index in [0.29, 0.717) is 30.2 Å². The first-order valence-electron chi connectivity index (χ1n) is 12.1. The molecule has 1 atom stereocenters. The third-order valence-corrected chi connectivity index (χ3v) is 5.46. The summed E-state index contributed by atoms with van der Waals surface area (Å²) < 4.78 is 16.8. The second kappa shape index (κ2) is 12.9. The van der Waals surface area contributed by atoms with Crippen LogP contribution in [0.25, 0.3) is 0 Å². The van der Waals surface area contributed by atoms with Crippen LogP contribution in [0.15, 0.2) is 95.7 Å². The maximum Gasteiger partial charge on any atom is 0.287 e. The van der Waals surface area contributed by atoms with Crippen LogP contribution in [0, 0.1) is 0 Å². The molecule has 0 fully saturated rings. The molecular weight excluding hydrogens is 470 g/mol. The first kappa shape index (κ1) is 25.5. The van der Waals surface area contributed by atoms with Gasteiger partial charge < -0.3 is 24.5 Å². The average molecular weight is 500 g/mol. The molecule has 0 bridgehead atoms. The van der Waals surface area contributed by atoms with E-state index in [1.807, 2.05) is 60.7 Å². The van der Waals surface area contributed by atoms with Crippen molar-refractivity contribution in [1.82, 2.24) is 15.6 Å². The lowest BCUT2D eigenvalue weighted by Crippen LogP contribution is -2.47. The van der Waals surface area contributed by atoms with Crippen LogP contribution < -0.4 is 20.1 Å². The molecule has 2 heterocycles. The van der Waals surface area contributed by atoms with Crippen LogP contribution in [-0.2, 0) is 17.8 Å². The fourth-order valence-corrected chi connectivity index (χ4v) is 3.59. The number of benzene rings is 2. The minimum Gasteiger partial charge on any atom is -0.494 e. The van der Waals surface area contributed by atoms with Crippen molar-refractivity contribution in [2.75, 3.05) is 6.61 Å². The topological polar surface area (TPSA) is 103 Å². The van der Waals surface area contributed by atoms with Gasteiger partial charge in [0.15, 0.2) is 5.76 Å². The molecule has 2 aromatic heterocycles. The Morgan fingerprint density at radius 2 is 1.73 bits per heavy atom. The van der Waals surface area contributed by atoms with E-state index in [-0.39, 0.29) is 18.2 Å². The lowest BCUT2D eigenvalue weighted by Gasteiger charge is -2.19. The largest absolute Gasteiger partial charge is 0.494 e. The summed E-state index contributed by atoms with van der Waals surface area (Å²) in [5, 5.41) is 5.68. The number of hydrogen-bond donors (Lipinski definition) is 2. The summed E-state index contributed by atoms with van der Waals surface area (Å²) in [5.41, 5.74) is 1.61. The van der Waals surface area contributed by atoms with Gasteiger partial charge in [0.1, 0.15) is 17.5 Å². The number of nitrogens with one attached hydrogen (secondary N) is 2. The van der Waals surface area contributed by atoms with E-state index in [0.717, 1.165) is 17.7 Å². The molecule has 4 rings (SSSR count). The van der Waals surface area contributed by atoms with Gasteiger partial charge in [-0.3, -0.25) is 9.59 Å². The molecule has 0 aliphatic carbocycles. The number of carbonyl (C=O) groups excluding carboxylic acids is 2. The van der Waals surface area contributed by atoms with Gasteiger partial charge in [-0.15, -0.1) is 0 Å². The van der Waals surface area contributed by atoms with E-state index in [1.165, 1.54) is 6.26 Å². The molecule has 0 radical (unpaired) electrons. The van der Waals surface area contributed by atoms with Gasteiger partial charge in [-0.2, -0.15) is 0 Å². The van der Waals surface area contributed by atoms with Gasteiger partial charge >= 0.3 is 0 Å². The third kappa shape index (κ3) is 7.44. The number of hydrogen-bond acceptors (Lipinski definition) is 6. The summed E-state index contributed by atoms with van der Waals surface area (Å²) in [5.74, 6) is 1.09. The maximum absolute atomic E-state index is 13.2. The lowest BCUT2D eigenvalue weighted by atomic mass is 10.0. The predicted molar refractivity (Wildman–Crippen MR) is 138 cm³/mol. The monoisotopic (exact) mass is 499 g/mol. The van der Waals surface area contributed by atoms with Crippen LogP contribution >= 0.6 is 0 Å². The molecule has 0 saturated carbocycles. The summed E-state index contributed by atoms with van der Waals surface area (Å²) in [4.78, 5) is 30.1. The molecule has 37 heavy (non-hydrogen) atoms. The predicted octanol–water partition coefficient (Wildman–Crippen LogP) is 4.91. The standard InChI is InChI=1S/C29H29N3O5/c1-2-17-35-23-12-14-24(15-13-23)37-29-22(10-6-16-30-29)20-31-27(33)25(19-21-8-4-3-5-9-21)32-28(34)26-11-7-18-36-26/h3-16,18,25H,2,17,19-20H2,1H3,(H,31,33)(H,32,34). The molecule has 0 aliphatic rings. The van der Waals surface area contributed by atoms with Gasteiger partial charge in [-0.1, -0.05) is 43.3 Å². The van der Waals surface area contributed by atoms with Crippen molar-refractivity contribution in [2.45, 2.75) is 32.4 Å². The molecule has 1 unspecified atom stereocenters. The zero-order valence-electron chi connectivity index (χ0n) is 20.6. The SMILES string of the molecule is CCCOc1ccc(Oc2ncccc2CNC(=O)C(Cc2ccccc2)NC(=O)c2ccco2)cc1. The zero-order valence-corrected chi connectivity index (χ0v) is 20.6. The molecular formula is C29H29N3O5. The number of rotatable bonds is 12. The Morgan fingerprint density at radius 1 is 0.946 bits per heavy atom. The molecule has 2 amide bonds. The minimum absolute atomic E-state index is 0.139. The number of aromatic nitrogens is 1. The highest BCUT2D eigenvalue weighted by atomic mass is 16.5. The number of pyridine rings is 1. The fourth-order valence-electron chi connectivity index (χ4n) is 3.59. The third-order valence-electron chi connectivity index (χ3n) is 5.46. The Morgan fingerprint density at radius 3 is 2.46 bits per heavy atom. The van der Waals surface area contributed by atoms with E-state index in [2.05, 4.69) is 22.5 Å². The lowest BCUT2D eigenvalue weighted by molar-refractivity contribution is -0.123. The van der Waals surface area contributed by atoms with Crippen LogP contribution in [0.4, 0.5) is 0 Å². The molecule has 190 valence electrons. The normalized spacial score (nSPS) is 11.4. The minimum atomic E-state index is -0.809. The van der Waals surface area contributed by atoms with E-state index >= 15 is 0 Å². The first-order chi connectivity index (χ1) is 18.1. The van der Waals surface area contributed by atoms with Crippen molar-refractivity contribution in [3.05, 3.63) is 108 Å². The summed E-state index contributed by atoms with van der Waals surface area (Å²) in [6.45, 7) is 2.87. The summed E-state index contributed by atoms with van der Waals surface area (Å²) in [6, 6.07) is 22.8. The zero-order chi connectivity index (χ0) is 25.9. The van der Waals surface area contributed by atoms with Crippen molar-refractivity contribution in [1.29, 1.82) is 0 Å². The maximum atomic E-state index is 13.2. The van der Waals surface area contributed by atoms with Gasteiger partial charge in [0.25, 0.3) is 5.91 Å². The molecule has 2 aromatic carbocycles. The second-order valence-corrected chi connectivity index (χ2v) is 8.30. The molecule has 8 heteroatoms. The van der Waals surface area contributed by atoms with Crippen molar-refractivity contribution in [3.63, 3.8) is 0 Å². The highest BCUT2D eigenvalue weighted by Crippen LogP contribution is 2.25. The van der Waals surface area contributed by atoms with Crippen LogP contribution in [0.2, 0.25) is 0 Å². The number of carbonyl (C=O) groups is 2. The van der Waals surface area contributed by atoms with Gasteiger partial charge in [-0.25, -0.2) is 4.98 Å². The van der Waals surface area contributed by atoms with E-state index < -0.39 is 11.9 Å². The van der Waals surface area contributed by atoms with Gasteiger partial charge in [0.05, 0.1) is 12.9 Å². The quantitative estimate of drug-likeness (QED) is 0.287. The average Bonchev–Trinajstić information content (AvgIpc) is 3.48. The molecule has 0 aliphatic heterocycles. The van der Waals surface area contributed by atoms with Gasteiger partial charge in [0, 0.05) is 24.7 Å².